The van der Waals surface area contributed by atoms with Gasteiger partial charge in [-0.05, 0) is 38.3 Å². The molecule has 1 atom stereocenters. The van der Waals surface area contributed by atoms with Crippen molar-refractivity contribution in [2.45, 2.75) is 44.1 Å². The zero-order valence-electron chi connectivity index (χ0n) is 11.4. The van der Waals surface area contributed by atoms with Crippen molar-refractivity contribution in [3.63, 3.8) is 0 Å². The summed E-state index contributed by atoms with van der Waals surface area (Å²) in [6, 6.07) is 2.78. The van der Waals surface area contributed by atoms with E-state index >= 15 is 0 Å². The molecule has 1 saturated heterocycles. The molecule has 1 N–H and O–H groups in total. The Balaban J connectivity index is 1.90. The zero-order chi connectivity index (χ0) is 12.9. The van der Waals surface area contributed by atoms with Crippen molar-refractivity contribution in [2.75, 3.05) is 13.1 Å². The molecule has 0 spiro atoms. The molecule has 2 aromatic heterocycles. The summed E-state index contributed by atoms with van der Waals surface area (Å²) in [6.07, 6.45) is 8.84. The lowest BCUT2D eigenvalue weighted by atomic mass is 9.82. The van der Waals surface area contributed by atoms with E-state index < -0.39 is 0 Å². The molecule has 0 amide bonds. The van der Waals surface area contributed by atoms with Crippen molar-refractivity contribution in [1.29, 1.82) is 0 Å². The van der Waals surface area contributed by atoms with Gasteiger partial charge >= 0.3 is 0 Å². The standard InChI is InChI=1S/C15H20N4/c1-15(6-2-7-17-10-15)14-18-12-9-16-8-5-13(12)19(14)11-3-4-11/h5,8-9,11,17H,2-4,6-7,10H2,1H3. The van der Waals surface area contributed by atoms with Crippen LogP contribution < -0.4 is 5.32 Å². The summed E-state index contributed by atoms with van der Waals surface area (Å²) in [5.41, 5.74) is 2.48. The highest BCUT2D eigenvalue weighted by molar-refractivity contribution is 5.75. The molecule has 4 nitrogen and oxygen atoms in total. The van der Waals surface area contributed by atoms with Crippen LogP contribution in [-0.2, 0) is 5.41 Å². The molecule has 1 aliphatic heterocycles. The Morgan fingerprint density at radius 2 is 2.32 bits per heavy atom. The third-order valence-corrected chi connectivity index (χ3v) is 4.54. The second-order valence-electron chi connectivity index (χ2n) is 6.24. The van der Waals surface area contributed by atoms with Crippen LogP contribution in [0, 0.1) is 0 Å². The predicted molar refractivity (Wildman–Crippen MR) is 75.3 cm³/mol. The van der Waals surface area contributed by atoms with Crippen LogP contribution in [0.25, 0.3) is 11.0 Å². The van der Waals surface area contributed by atoms with Gasteiger partial charge < -0.3 is 9.88 Å². The van der Waals surface area contributed by atoms with E-state index in [-0.39, 0.29) is 5.41 Å². The number of hydrogen-bond donors (Lipinski definition) is 1. The molecule has 2 fully saturated rings. The van der Waals surface area contributed by atoms with E-state index in [1.54, 1.807) is 0 Å². The van der Waals surface area contributed by atoms with Crippen molar-refractivity contribution in [3.8, 4) is 0 Å². The quantitative estimate of drug-likeness (QED) is 0.897. The summed E-state index contributed by atoms with van der Waals surface area (Å²) in [6.45, 7) is 4.53. The first-order valence-corrected chi connectivity index (χ1v) is 7.31. The smallest absolute Gasteiger partial charge is 0.117 e. The molecule has 2 aliphatic rings. The molecule has 3 heterocycles. The Kier molecular flexibility index (Phi) is 2.42. The van der Waals surface area contributed by atoms with E-state index in [0.717, 1.165) is 18.6 Å². The highest BCUT2D eigenvalue weighted by Gasteiger charge is 2.38. The summed E-state index contributed by atoms with van der Waals surface area (Å²) in [5.74, 6) is 1.27. The first-order valence-electron chi connectivity index (χ1n) is 7.31. The molecule has 0 aromatic carbocycles. The average molecular weight is 256 g/mol. The van der Waals surface area contributed by atoms with E-state index in [1.165, 1.54) is 37.0 Å². The number of nitrogens with zero attached hydrogens (tertiary/aromatic N) is 3. The maximum absolute atomic E-state index is 4.93. The lowest BCUT2D eigenvalue weighted by molar-refractivity contribution is 0.314. The van der Waals surface area contributed by atoms with Gasteiger partial charge in [0, 0.05) is 24.2 Å². The van der Waals surface area contributed by atoms with Crippen LogP contribution in [-0.4, -0.2) is 27.6 Å². The van der Waals surface area contributed by atoms with Gasteiger partial charge in [-0.3, -0.25) is 4.98 Å². The molecule has 4 rings (SSSR count). The normalized spacial score (nSPS) is 27.8. The fourth-order valence-electron chi connectivity index (χ4n) is 3.33. The second kappa shape index (κ2) is 4.04. The third kappa shape index (κ3) is 1.77. The summed E-state index contributed by atoms with van der Waals surface area (Å²) in [4.78, 5) is 9.15. The van der Waals surface area contributed by atoms with Crippen LogP contribution in [0.3, 0.4) is 0 Å². The SMILES string of the molecule is CC1(c2nc3cnccc3n2C2CC2)CCCNC1. The van der Waals surface area contributed by atoms with Crippen molar-refractivity contribution in [3.05, 3.63) is 24.3 Å². The number of hydrogen-bond acceptors (Lipinski definition) is 3. The predicted octanol–water partition coefficient (Wildman–Crippen LogP) is 2.41. The molecule has 0 bridgehead atoms. The molecular weight excluding hydrogens is 236 g/mol. The first kappa shape index (κ1) is 11.4. The summed E-state index contributed by atoms with van der Waals surface area (Å²) >= 11 is 0. The van der Waals surface area contributed by atoms with E-state index in [9.17, 15) is 0 Å². The van der Waals surface area contributed by atoms with Crippen molar-refractivity contribution >= 4 is 11.0 Å². The minimum absolute atomic E-state index is 0.167. The molecule has 19 heavy (non-hydrogen) atoms. The summed E-state index contributed by atoms with van der Waals surface area (Å²) < 4.78 is 2.49. The molecule has 0 radical (unpaired) electrons. The number of imidazole rings is 1. The minimum Gasteiger partial charge on any atom is -0.324 e. The van der Waals surface area contributed by atoms with Gasteiger partial charge in [0.25, 0.3) is 0 Å². The van der Waals surface area contributed by atoms with Gasteiger partial charge in [0.05, 0.1) is 11.7 Å². The molecule has 1 aliphatic carbocycles. The molecule has 1 saturated carbocycles. The van der Waals surface area contributed by atoms with Crippen LogP contribution in [0.4, 0.5) is 0 Å². The van der Waals surface area contributed by atoms with Crippen LogP contribution in [0.5, 0.6) is 0 Å². The van der Waals surface area contributed by atoms with Crippen LogP contribution in [0.1, 0.15) is 44.5 Å². The van der Waals surface area contributed by atoms with Gasteiger partial charge in [-0.2, -0.15) is 0 Å². The van der Waals surface area contributed by atoms with Crippen LogP contribution >= 0.6 is 0 Å². The lowest BCUT2D eigenvalue weighted by Crippen LogP contribution is -2.42. The Bertz CT molecular complexity index is 606. The highest BCUT2D eigenvalue weighted by Crippen LogP contribution is 2.42. The molecule has 100 valence electrons. The Hall–Kier alpha value is -1.42. The monoisotopic (exact) mass is 256 g/mol. The largest absolute Gasteiger partial charge is 0.324 e. The van der Waals surface area contributed by atoms with E-state index in [2.05, 4.69) is 27.9 Å². The van der Waals surface area contributed by atoms with E-state index in [4.69, 9.17) is 4.98 Å². The number of aromatic nitrogens is 3. The Morgan fingerprint density at radius 1 is 1.42 bits per heavy atom. The number of fused-ring (bicyclic) bond motifs is 1. The number of pyridine rings is 1. The maximum Gasteiger partial charge on any atom is 0.117 e. The fourth-order valence-corrected chi connectivity index (χ4v) is 3.33. The Morgan fingerprint density at radius 3 is 3.05 bits per heavy atom. The van der Waals surface area contributed by atoms with E-state index in [0.29, 0.717) is 6.04 Å². The fraction of sp³-hybridized carbons (Fsp3) is 0.600. The van der Waals surface area contributed by atoms with Gasteiger partial charge in [0.15, 0.2) is 0 Å². The minimum atomic E-state index is 0.167. The Labute approximate surface area is 113 Å². The first-order chi connectivity index (χ1) is 9.28. The second-order valence-corrected chi connectivity index (χ2v) is 6.24. The number of piperidine rings is 1. The lowest BCUT2D eigenvalue weighted by Gasteiger charge is -2.34. The summed E-state index contributed by atoms with van der Waals surface area (Å²) in [7, 11) is 0. The van der Waals surface area contributed by atoms with Crippen molar-refractivity contribution < 1.29 is 0 Å². The molecule has 2 aromatic rings. The number of rotatable bonds is 2. The molecule has 4 heteroatoms. The maximum atomic E-state index is 4.93. The third-order valence-electron chi connectivity index (χ3n) is 4.54. The van der Waals surface area contributed by atoms with Gasteiger partial charge in [-0.25, -0.2) is 4.98 Å². The average Bonchev–Trinajstić information content (AvgIpc) is 3.19. The number of nitrogens with one attached hydrogen (secondary N) is 1. The van der Waals surface area contributed by atoms with Crippen molar-refractivity contribution in [2.24, 2.45) is 0 Å². The van der Waals surface area contributed by atoms with Crippen molar-refractivity contribution in [1.82, 2.24) is 19.9 Å². The van der Waals surface area contributed by atoms with Crippen LogP contribution in [0.2, 0.25) is 0 Å². The van der Waals surface area contributed by atoms with Gasteiger partial charge in [0.1, 0.15) is 11.3 Å². The van der Waals surface area contributed by atoms with Gasteiger partial charge in [0.2, 0.25) is 0 Å². The molecule has 1 unspecified atom stereocenters. The van der Waals surface area contributed by atoms with Gasteiger partial charge in [-0.15, -0.1) is 0 Å². The van der Waals surface area contributed by atoms with E-state index in [1.807, 2.05) is 12.4 Å². The topological polar surface area (TPSA) is 42.7 Å². The van der Waals surface area contributed by atoms with Gasteiger partial charge in [-0.1, -0.05) is 6.92 Å². The highest BCUT2D eigenvalue weighted by atomic mass is 15.2. The molecular formula is C15H20N4. The van der Waals surface area contributed by atoms with Crippen LogP contribution in [0.15, 0.2) is 18.5 Å². The zero-order valence-corrected chi connectivity index (χ0v) is 11.4. The summed E-state index contributed by atoms with van der Waals surface area (Å²) in [5, 5.41) is 3.54.